The van der Waals surface area contributed by atoms with Gasteiger partial charge in [0, 0.05) is 23.1 Å². The van der Waals surface area contributed by atoms with E-state index < -0.39 is 0 Å². The number of benzene rings is 1. The summed E-state index contributed by atoms with van der Waals surface area (Å²) in [5.74, 6) is 0. The van der Waals surface area contributed by atoms with E-state index in [1.807, 2.05) is 0 Å². The first-order chi connectivity index (χ1) is 8.18. The molecule has 0 aliphatic carbocycles. The number of anilines is 1. The van der Waals surface area contributed by atoms with Crippen LogP contribution in [0.4, 0.5) is 5.69 Å². The van der Waals surface area contributed by atoms with E-state index in [0.717, 1.165) is 23.1 Å². The number of hydrogen-bond donors (Lipinski definition) is 1. The fourth-order valence-electron chi connectivity index (χ4n) is 2.13. The summed E-state index contributed by atoms with van der Waals surface area (Å²) in [6, 6.07) is 3.48. The summed E-state index contributed by atoms with van der Waals surface area (Å²) in [7, 11) is 0. The molecule has 2 heterocycles. The van der Waals surface area contributed by atoms with Gasteiger partial charge in [0.15, 0.2) is 0 Å². The number of nitrogen functional groups attached to an aromatic ring is 1. The number of fused-ring (bicyclic) bond motifs is 2. The van der Waals surface area contributed by atoms with Crippen molar-refractivity contribution in [1.82, 2.24) is 4.98 Å². The van der Waals surface area contributed by atoms with Crippen LogP contribution in [0, 0.1) is 0 Å². The molecule has 0 saturated heterocycles. The van der Waals surface area contributed by atoms with Crippen LogP contribution >= 0.6 is 23.2 Å². The monoisotopic (exact) mass is 268 g/mol. The van der Waals surface area contributed by atoms with Gasteiger partial charge in [-0.05, 0) is 12.1 Å². The Labute approximate surface area is 108 Å². The molecule has 5 heteroatoms. The second-order valence-electron chi connectivity index (χ2n) is 4.01. The summed E-state index contributed by atoms with van der Waals surface area (Å²) in [4.78, 5) is 4.56. The second-order valence-corrected chi connectivity index (χ2v) is 4.82. The maximum atomic E-state index is 6.16. The molecule has 0 unspecified atom stereocenters. The third-order valence-corrected chi connectivity index (χ3v) is 3.62. The first-order valence-corrected chi connectivity index (χ1v) is 6.06. The predicted molar refractivity (Wildman–Crippen MR) is 69.5 cm³/mol. The average Bonchev–Trinajstić information content (AvgIpc) is 2.34. The molecule has 0 saturated carbocycles. The quantitative estimate of drug-likeness (QED) is 0.798. The van der Waals surface area contributed by atoms with Gasteiger partial charge in [0.05, 0.1) is 34.5 Å². The van der Waals surface area contributed by atoms with Crippen molar-refractivity contribution < 1.29 is 4.74 Å². The minimum atomic E-state index is 0.493. The molecule has 0 radical (unpaired) electrons. The predicted octanol–water partition coefficient (Wildman–Crippen LogP) is 3.20. The van der Waals surface area contributed by atoms with E-state index in [2.05, 4.69) is 4.98 Å². The molecular weight excluding hydrogens is 259 g/mol. The van der Waals surface area contributed by atoms with E-state index in [1.54, 1.807) is 12.1 Å². The van der Waals surface area contributed by atoms with E-state index in [9.17, 15) is 0 Å². The Kier molecular flexibility index (Phi) is 2.62. The van der Waals surface area contributed by atoms with Gasteiger partial charge in [-0.3, -0.25) is 4.98 Å². The van der Waals surface area contributed by atoms with Crippen LogP contribution in [0.15, 0.2) is 12.1 Å². The lowest BCUT2D eigenvalue weighted by Crippen LogP contribution is -2.14. The molecule has 17 heavy (non-hydrogen) atoms. The molecule has 3 nitrogen and oxygen atoms in total. The normalized spacial score (nSPS) is 14.9. The van der Waals surface area contributed by atoms with Crippen molar-refractivity contribution in [2.45, 2.75) is 13.0 Å². The van der Waals surface area contributed by atoms with Gasteiger partial charge in [-0.2, -0.15) is 0 Å². The van der Waals surface area contributed by atoms with E-state index >= 15 is 0 Å². The summed E-state index contributed by atoms with van der Waals surface area (Å²) in [5.41, 5.74) is 9.36. The highest BCUT2D eigenvalue weighted by Crippen LogP contribution is 2.36. The Balaban J connectivity index is 2.44. The highest BCUT2D eigenvalue weighted by atomic mass is 35.5. The average molecular weight is 269 g/mol. The summed E-state index contributed by atoms with van der Waals surface area (Å²) in [6.07, 6.45) is 0.762. The van der Waals surface area contributed by atoms with Crippen molar-refractivity contribution >= 4 is 39.8 Å². The lowest BCUT2D eigenvalue weighted by atomic mass is 10.0. The molecule has 0 bridgehead atoms. The number of ether oxygens (including phenoxy) is 1. The van der Waals surface area contributed by atoms with Crippen LogP contribution in [0.1, 0.15) is 11.3 Å². The summed E-state index contributed by atoms with van der Waals surface area (Å²) in [5, 5.41) is 1.87. The van der Waals surface area contributed by atoms with E-state index in [-0.39, 0.29) is 0 Å². The van der Waals surface area contributed by atoms with Crippen LogP contribution < -0.4 is 5.73 Å². The van der Waals surface area contributed by atoms with Crippen molar-refractivity contribution in [2.75, 3.05) is 12.3 Å². The van der Waals surface area contributed by atoms with Crippen molar-refractivity contribution in [3.05, 3.63) is 33.4 Å². The molecule has 0 fully saturated rings. The highest BCUT2D eigenvalue weighted by Gasteiger charge is 2.19. The lowest BCUT2D eigenvalue weighted by molar-refractivity contribution is 0.110. The van der Waals surface area contributed by atoms with Crippen LogP contribution in [0.3, 0.4) is 0 Å². The third-order valence-electron chi connectivity index (χ3n) is 3.00. The van der Waals surface area contributed by atoms with Crippen LogP contribution in [-0.4, -0.2) is 11.6 Å². The van der Waals surface area contributed by atoms with Gasteiger partial charge in [-0.15, -0.1) is 0 Å². The molecule has 0 spiro atoms. The number of hydrogen-bond acceptors (Lipinski definition) is 3. The maximum Gasteiger partial charge on any atom is 0.0927 e. The summed E-state index contributed by atoms with van der Waals surface area (Å²) >= 11 is 12.3. The Morgan fingerprint density at radius 1 is 1.24 bits per heavy atom. The fraction of sp³-hybridized carbons (Fsp3) is 0.250. The SMILES string of the molecule is Nc1c2c(nc3c(Cl)ccc(Cl)c13)CCOC2. The minimum Gasteiger partial charge on any atom is -0.398 e. The number of aromatic nitrogens is 1. The van der Waals surface area contributed by atoms with Gasteiger partial charge in [-0.25, -0.2) is 0 Å². The van der Waals surface area contributed by atoms with Gasteiger partial charge in [0.2, 0.25) is 0 Å². The van der Waals surface area contributed by atoms with Gasteiger partial charge >= 0.3 is 0 Å². The highest BCUT2D eigenvalue weighted by molar-refractivity contribution is 6.40. The van der Waals surface area contributed by atoms with Crippen molar-refractivity contribution in [3.8, 4) is 0 Å². The first-order valence-electron chi connectivity index (χ1n) is 5.31. The number of nitrogens with zero attached hydrogens (tertiary/aromatic N) is 1. The third kappa shape index (κ3) is 1.66. The summed E-state index contributed by atoms with van der Waals surface area (Å²) < 4.78 is 5.40. The smallest absolute Gasteiger partial charge is 0.0927 e. The van der Waals surface area contributed by atoms with E-state index in [0.29, 0.717) is 34.5 Å². The number of pyridine rings is 1. The van der Waals surface area contributed by atoms with Crippen LogP contribution in [0.5, 0.6) is 0 Å². The second kappa shape index (κ2) is 4.02. The molecule has 1 aromatic carbocycles. The zero-order chi connectivity index (χ0) is 12.0. The van der Waals surface area contributed by atoms with Gasteiger partial charge in [0.25, 0.3) is 0 Å². The number of rotatable bonds is 0. The molecule has 88 valence electrons. The number of halogens is 2. The molecule has 1 aliphatic rings. The molecule has 1 aliphatic heterocycles. The molecule has 0 amide bonds. The standard InChI is InChI=1S/C12H10Cl2N2O/c13-7-1-2-8(14)12-10(7)11(15)6-5-17-4-3-9(6)16-12/h1-2H,3-5H2,(H2,15,16). The number of nitrogens with two attached hydrogens (primary N) is 1. The van der Waals surface area contributed by atoms with Gasteiger partial charge < -0.3 is 10.5 Å². The Hall–Kier alpha value is -1.03. The molecule has 3 rings (SSSR count). The van der Waals surface area contributed by atoms with E-state index in [4.69, 9.17) is 33.7 Å². The zero-order valence-electron chi connectivity index (χ0n) is 8.96. The fourth-order valence-corrected chi connectivity index (χ4v) is 2.58. The van der Waals surface area contributed by atoms with Crippen LogP contribution in [0.25, 0.3) is 10.9 Å². The molecule has 2 N–H and O–H groups in total. The molecular formula is C12H10Cl2N2O. The lowest BCUT2D eigenvalue weighted by Gasteiger charge is -2.19. The van der Waals surface area contributed by atoms with Gasteiger partial charge in [-0.1, -0.05) is 23.2 Å². The topological polar surface area (TPSA) is 48.1 Å². The largest absolute Gasteiger partial charge is 0.398 e. The maximum absolute atomic E-state index is 6.16. The molecule has 2 aromatic rings. The van der Waals surface area contributed by atoms with E-state index in [1.165, 1.54) is 0 Å². The van der Waals surface area contributed by atoms with Crippen molar-refractivity contribution in [2.24, 2.45) is 0 Å². The van der Waals surface area contributed by atoms with Crippen molar-refractivity contribution in [3.63, 3.8) is 0 Å². The molecule has 0 atom stereocenters. The Morgan fingerprint density at radius 3 is 2.82 bits per heavy atom. The Bertz CT molecular complexity index is 613. The Morgan fingerprint density at radius 2 is 2.00 bits per heavy atom. The summed E-state index contributed by atoms with van der Waals surface area (Å²) in [6.45, 7) is 1.16. The molecule has 1 aromatic heterocycles. The first kappa shape index (κ1) is 11.1. The van der Waals surface area contributed by atoms with Crippen LogP contribution in [-0.2, 0) is 17.8 Å². The van der Waals surface area contributed by atoms with Gasteiger partial charge in [0.1, 0.15) is 0 Å². The zero-order valence-corrected chi connectivity index (χ0v) is 10.5. The van der Waals surface area contributed by atoms with Crippen LogP contribution in [0.2, 0.25) is 10.0 Å². The minimum absolute atomic E-state index is 0.493. The van der Waals surface area contributed by atoms with Crippen molar-refractivity contribution in [1.29, 1.82) is 0 Å².